The zero-order chi connectivity index (χ0) is 25.5. The average molecular weight is 495 g/mol. The summed E-state index contributed by atoms with van der Waals surface area (Å²) in [7, 11) is 0. The number of hydrogen-bond acceptors (Lipinski definition) is 6. The second-order valence-corrected chi connectivity index (χ2v) is 9.23. The lowest BCUT2D eigenvalue weighted by atomic mass is 10.1. The van der Waals surface area contributed by atoms with Crippen LogP contribution < -0.4 is 20.3 Å². The van der Waals surface area contributed by atoms with E-state index in [1.54, 1.807) is 29.2 Å². The average Bonchev–Trinajstić information content (AvgIpc) is 3.28. The number of anilines is 2. The van der Waals surface area contributed by atoms with E-state index in [9.17, 15) is 14.4 Å². The van der Waals surface area contributed by atoms with Crippen molar-refractivity contribution in [3.05, 3.63) is 53.6 Å². The van der Waals surface area contributed by atoms with E-state index in [0.29, 0.717) is 24.5 Å². The summed E-state index contributed by atoms with van der Waals surface area (Å²) in [4.78, 5) is 41.4. The number of amides is 3. The molecule has 3 amide bonds. The number of nitrogens with one attached hydrogen (secondary N) is 2. The molecule has 36 heavy (non-hydrogen) atoms. The van der Waals surface area contributed by atoms with Crippen molar-refractivity contribution in [3.8, 4) is 5.75 Å². The molecule has 2 aromatic rings. The van der Waals surface area contributed by atoms with E-state index in [-0.39, 0.29) is 36.7 Å². The summed E-state index contributed by atoms with van der Waals surface area (Å²) in [5, 5.41) is 5.84. The van der Waals surface area contributed by atoms with Gasteiger partial charge in [0.2, 0.25) is 11.8 Å². The molecular weight excluding hydrogens is 460 g/mol. The van der Waals surface area contributed by atoms with Gasteiger partial charge in [0.05, 0.1) is 19.1 Å². The third-order valence-electron chi connectivity index (χ3n) is 6.72. The van der Waals surface area contributed by atoms with E-state index in [4.69, 9.17) is 9.47 Å². The first-order chi connectivity index (χ1) is 17.4. The van der Waals surface area contributed by atoms with Crippen molar-refractivity contribution >= 4 is 29.1 Å². The Labute approximate surface area is 211 Å². The fourth-order valence-electron chi connectivity index (χ4n) is 4.38. The van der Waals surface area contributed by atoms with E-state index in [2.05, 4.69) is 15.5 Å². The summed E-state index contributed by atoms with van der Waals surface area (Å²) in [6.45, 7) is 8.73. The molecule has 0 unspecified atom stereocenters. The lowest BCUT2D eigenvalue weighted by Crippen LogP contribution is -2.42. The minimum Gasteiger partial charge on any atom is -0.484 e. The lowest BCUT2D eigenvalue weighted by molar-refractivity contribution is -0.126. The maximum Gasteiger partial charge on any atom is 0.262 e. The third kappa shape index (κ3) is 6.61. The molecule has 2 aliphatic heterocycles. The third-order valence-corrected chi connectivity index (χ3v) is 6.72. The first kappa shape index (κ1) is 25.7. The van der Waals surface area contributed by atoms with Crippen LogP contribution in [0.25, 0.3) is 0 Å². The second kappa shape index (κ2) is 12.0. The molecule has 1 atom stereocenters. The quantitative estimate of drug-likeness (QED) is 0.554. The summed E-state index contributed by atoms with van der Waals surface area (Å²) in [6, 6.07) is 12.8. The molecule has 0 aliphatic carbocycles. The molecule has 0 bridgehead atoms. The minimum atomic E-state index is -0.369. The number of nitrogens with zero attached hydrogens (tertiary/aromatic N) is 2. The van der Waals surface area contributed by atoms with Crippen LogP contribution in [-0.2, 0) is 19.1 Å². The van der Waals surface area contributed by atoms with E-state index in [1.165, 1.54) is 0 Å². The minimum absolute atomic E-state index is 0.0788. The number of ether oxygens (including phenoxy) is 2. The van der Waals surface area contributed by atoms with Crippen LogP contribution in [0.5, 0.6) is 5.75 Å². The zero-order valence-corrected chi connectivity index (χ0v) is 20.9. The van der Waals surface area contributed by atoms with Gasteiger partial charge in [0, 0.05) is 50.5 Å². The van der Waals surface area contributed by atoms with Crippen LogP contribution in [0, 0.1) is 19.8 Å². The Morgan fingerprint density at radius 1 is 1.08 bits per heavy atom. The Morgan fingerprint density at radius 3 is 2.58 bits per heavy atom. The zero-order valence-electron chi connectivity index (χ0n) is 20.9. The summed E-state index contributed by atoms with van der Waals surface area (Å²) in [6.07, 6.45) is 0.195. The van der Waals surface area contributed by atoms with E-state index < -0.39 is 0 Å². The Kier molecular flexibility index (Phi) is 8.56. The van der Waals surface area contributed by atoms with Gasteiger partial charge in [-0.3, -0.25) is 19.3 Å². The van der Waals surface area contributed by atoms with Gasteiger partial charge in [-0.1, -0.05) is 12.1 Å². The molecule has 0 saturated carbocycles. The maximum absolute atomic E-state index is 12.6. The highest BCUT2D eigenvalue weighted by Gasteiger charge is 2.35. The molecule has 2 N–H and O–H groups in total. The van der Waals surface area contributed by atoms with Crippen molar-refractivity contribution in [1.82, 2.24) is 10.2 Å². The van der Waals surface area contributed by atoms with E-state index in [1.807, 2.05) is 32.0 Å². The van der Waals surface area contributed by atoms with Gasteiger partial charge in [-0.25, -0.2) is 0 Å². The SMILES string of the molecule is Cc1cccc(NC(=O)COc2ccc(N3C[C@@H](C(=O)NCCN4CCOCC4)CC3=O)cc2)c1C. The Morgan fingerprint density at radius 2 is 1.83 bits per heavy atom. The molecule has 2 aromatic carbocycles. The van der Waals surface area contributed by atoms with Crippen LogP contribution in [-0.4, -0.2) is 75.2 Å². The van der Waals surface area contributed by atoms with E-state index in [0.717, 1.165) is 49.7 Å². The Hall–Kier alpha value is -3.43. The van der Waals surface area contributed by atoms with Crippen molar-refractivity contribution in [2.45, 2.75) is 20.3 Å². The molecule has 9 nitrogen and oxygen atoms in total. The molecule has 192 valence electrons. The summed E-state index contributed by atoms with van der Waals surface area (Å²) < 4.78 is 11.0. The van der Waals surface area contributed by atoms with Crippen LogP contribution in [0.1, 0.15) is 17.5 Å². The number of benzene rings is 2. The van der Waals surface area contributed by atoms with Gasteiger partial charge in [0.25, 0.3) is 5.91 Å². The molecule has 0 aromatic heterocycles. The largest absolute Gasteiger partial charge is 0.484 e. The summed E-state index contributed by atoms with van der Waals surface area (Å²) in [5.74, 6) is -0.255. The monoisotopic (exact) mass is 494 g/mol. The van der Waals surface area contributed by atoms with Crippen LogP contribution in [0.15, 0.2) is 42.5 Å². The highest BCUT2D eigenvalue weighted by Crippen LogP contribution is 2.27. The number of morpholine rings is 1. The van der Waals surface area contributed by atoms with Gasteiger partial charge in [-0.05, 0) is 55.3 Å². The highest BCUT2D eigenvalue weighted by atomic mass is 16.5. The molecule has 0 spiro atoms. The fraction of sp³-hybridized carbons (Fsp3) is 0.444. The highest BCUT2D eigenvalue weighted by molar-refractivity contribution is 6.00. The number of hydrogen-bond donors (Lipinski definition) is 2. The van der Waals surface area contributed by atoms with Crippen LogP contribution in [0.4, 0.5) is 11.4 Å². The number of carbonyl (C=O) groups is 3. The van der Waals surface area contributed by atoms with E-state index >= 15 is 0 Å². The Balaban J connectivity index is 1.23. The van der Waals surface area contributed by atoms with Crippen LogP contribution >= 0.6 is 0 Å². The molecule has 4 rings (SSSR count). The number of rotatable bonds is 9. The van der Waals surface area contributed by atoms with Crippen LogP contribution in [0.3, 0.4) is 0 Å². The number of carbonyl (C=O) groups excluding carboxylic acids is 3. The van der Waals surface area contributed by atoms with Crippen molar-refractivity contribution in [2.24, 2.45) is 5.92 Å². The Bertz CT molecular complexity index is 1080. The molecule has 2 fully saturated rings. The van der Waals surface area contributed by atoms with Crippen molar-refractivity contribution in [2.75, 3.05) is 62.8 Å². The smallest absolute Gasteiger partial charge is 0.262 e. The summed E-state index contributed by atoms with van der Waals surface area (Å²) in [5.41, 5.74) is 3.60. The van der Waals surface area contributed by atoms with Gasteiger partial charge in [-0.2, -0.15) is 0 Å². The van der Waals surface area contributed by atoms with Crippen molar-refractivity contribution < 1.29 is 23.9 Å². The molecule has 9 heteroatoms. The van der Waals surface area contributed by atoms with Gasteiger partial charge in [-0.15, -0.1) is 0 Å². The first-order valence-electron chi connectivity index (χ1n) is 12.4. The molecule has 2 saturated heterocycles. The fourth-order valence-corrected chi connectivity index (χ4v) is 4.38. The lowest BCUT2D eigenvalue weighted by Gasteiger charge is -2.26. The van der Waals surface area contributed by atoms with Gasteiger partial charge >= 0.3 is 0 Å². The molecule has 0 radical (unpaired) electrons. The number of aryl methyl sites for hydroxylation is 1. The van der Waals surface area contributed by atoms with Crippen molar-refractivity contribution in [3.63, 3.8) is 0 Å². The normalized spacial score (nSPS) is 18.2. The molecule has 2 aliphatic rings. The van der Waals surface area contributed by atoms with Crippen LogP contribution in [0.2, 0.25) is 0 Å². The standard InChI is InChI=1S/C27H34N4O5/c1-19-4-3-5-24(20(19)2)29-25(32)18-36-23-8-6-22(7-9-23)31-17-21(16-26(31)33)27(34)28-10-11-30-12-14-35-15-13-30/h3-9,21H,10-18H2,1-2H3,(H,28,34)(H,29,32)/t21-/m0/s1. The molecular formula is C27H34N4O5. The maximum atomic E-state index is 12.6. The predicted octanol–water partition coefficient (Wildman–Crippen LogP) is 2.12. The topological polar surface area (TPSA) is 100 Å². The predicted molar refractivity (Wildman–Crippen MR) is 137 cm³/mol. The van der Waals surface area contributed by atoms with Gasteiger partial charge < -0.3 is 25.0 Å². The second-order valence-electron chi connectivity index (χ2n) is 9.23. The van der Waals surface area contributed by atoms with Crippen molar-refractivity contribution in [1.29, 1.82) is 0 Å². The van der Waals surface area contributed by atoms with Gasteiger partial charge in [0.15, 0.2) is 6.61 Å². The molecule has 2 heterocycles. The van der Waals surface area contributed by atoms with Gasteiger partial charge in [0.1, 0.15) is 5.75 Å². The summed E-state index contributed by atoms with van der Waals surface area (Å²) >= 11 is 0. The first-order valence-corrected chi connectivity index (χ1v) is 12.4.